The van der Waals surface area contributed by atoms with Gasteiger partial charge in [-0.2, -0.15) is 0 Å². The summed E-state index contributed by atoms with van der Waals surface area (Å²) in [6, 6.07) is 19.9. The molecule has 4 fully saturated rings. The molecular weight excluding hydrogens is 729 g/mol. The molecule has 12 heteroatoms. The van der Waals surface area contributed by atoms with Crippen LogP contribution in [0.4, 0.5) is 0 Å². The average Bonchev–Trinajstić information content (AvgIpc) is 3.59. The molecular formula is C40H52Cl3NO8. The second-order valence-electron chi connectivity index (χ2n) is 16.6. The van der Waals surface area contributed by atoms with Gasteiger partial charge in [0.1, 0.15) is 18.8 Å². The van der Waals surface area contributed by atoms with E-state index in [2.05, 4.69) is 33.0 Å². The Labute approximate surface area is 322 Å². The van der Waals surface area contributed by atoms with Gasteiger partial charge in [0, 0.05) is 6.92 Å². The van der Waals surface area contributed by atoms with Crippen molar-refractivity contribution >= 4 is 46.7 Å². The van der Waals surface area contributed by atoms with E-state index in [1.807, 2.05) is 60.7 Å². The van der Waals surface area contributed by atoms with Crippen molar-refractivity contribution in [3.8, 4) is 0 Å². The fraction of sp³-hybridized carbons (Fsp3) is 0.650. The molecule has 2 saturated heterocycles. The lowest BCUT2D eigenvalue weighted by Gasteiger charge is -2.46. The third-order valence-corrected chi connectivity index (χ3v) is 11.7. The van der Waals surface area contributed by atoms with Gasteiger partial charge in [0.05, 0.1) is 32.0 Å². The number of esters is 1. The number of nitrogens with one attached hydrogen (secondary N) is 1. The summed E-state index contributed by atoms with van der Waals surface area (Å²) in [5.41, 5.74) is 2.09. The highest BCUT2D eigenvalue weighted by molar-refractivity contribution is 6.76. The van der Waals surface area contributed by atoms with Gasteiger partial charge in [-0.15, -0.1) is 0 Å². The molecule has 10 atom stereocenters. The minimum atomic E-state index is -2.19. The molecule has 2 aromatic rings. The minimum absolute atomic E-state index is 0.0140. The number of halogens is 3. The lowest BCUT2D eigenvalue weighted by molar-refractivity contribution is -0.301. The summed E-state index contributed by atoms with van der Waals surface area (Å²) >= 11 is 18.1. The normalized spacial score (nSPS) is 33.5. The van der Waals surface area contributed by atoms with Crippen LogP contribution in [0.1, 0.15) is 71.4 Å². The van der Waals surface area contributed by atoms with Crippen LogP contribution in [0.15, 0.2) is 60.7 Å². The zero-order valence-electron chi connectivity index (χ0n) is 30.6. The van der Waals surface area contributed by atoms with E-state index in [1.165, 1.54) is 6.92 Å². The second-order valence-corrected chi connectivity index (χ2v) is 18.8. The molecule has 0 bridgehead atoms. The number of hydrogen-bond acceptors (Lipinski definition) is 8. The third-order valence-electron chi connectivity index (χ3n) is 11.2. The van der Waals surface area contributed by atoms with Crippen LogP contribution in [0.3, 0.4) is 0 Å². The summed E-state index contributed by atoms with van der Waals surface area (Å²) in [4.78, 5) is 25.0. The number of hydrogen-bond donors (Lipinski definition) is 1. The first-order valence-corrected chi connectivity index (χ1v) is 19.5. The van der Waals surface area contributed by atoms with Crippen LogP contribution in [0.5, 0.6) is 0 Å². The molecule has 1 N–H and O–H groups in total. The van der Waals surface area contributed by atoms with Gasteiger partial charge in [-0.05, 0) is 71.3 Å². The summed E-state index contributed by atoms with van der Waals surface area (Å²) in [6.07, 6.45) is 0.244. The van der Waals surface area contributed by atoms with Crippen molar-refractivity contribution in [2.45, 2.75) is 114 Å². The first kappa shape index (κ1) is 39.7. The predicted octanol–water partition coefficient (Wildman–Crippen LogP) is 7.78. The minimum Gasteiger partial charge on any atom is -0.463 e. The van der Waals surface area contributed by atoms with Crippen molar-refractivity contribution in [2.75, 3.05) is 13.2 Å². The van der Waals surface area contributed by atoms with Gasteiger partial charge in [-0.25, -0.2) is 0 Å². The second kappa shape index (κ2) is 16.4. The number of carbonyl (C=O) groups is 2. The van der Waals surface area contributed by atoms with E-state index < -0.39 is 34.4 Å². The van der Waals surface area contributed by atoms with Crippen molar-refractivity contribution < 1.29 is 38.0 Å². The Hall–Kier alpha value is -1.95. The number of amides is 1. The maximum Gasteiger partial charge on any atom is 0.302 e. The van der Waals surface area contributed by atoms with Crippen molar-refractivity contribution in [1.29, 1.82) is 0 Å². The maximum atomic E-state index is 13.1. The largest absolute Gasteiger partial charge is 0.463 e. The highest BCUT2D eigenvalue weighted by atomic mass is 35.6. The fourth-order valence-electron chi connectivity index (χ4n) is 9.12. The Morgan fingerprint density at radius 1 is 0.712 bits per heavy atom. The molecule has 2 aromatic carbocycles. The zero-order chi connectivity index (χ0) is 37.3. The molecule has 2 saturated carbocycles. The molecule has 6 rings (SSSR count). The summed E-state index contributed by atoms with van der Waals surface area (Å²) < 4.78 is 36.8. The number of alkyl halides is 3. The quantitative estimate of drug-likeness (QED) is 0.172. The molecule has 2 aliphatic carbocycles. The highest BCUT2D eigenvalue weighted by Crippen LogP contribution is 2.54. The van der Waals surface area contributed by atoms with Crippen LogP contribution in [-0.4, -0.2) is 65.8 Å². The Balaban J connectivity index is 1.25. The number of benzene rings is 2. The molecule has 0 aromatic heterocycles. The van der Waals surface area contributed by atoms with Crippen LogP contribution in [0.25, 0.3) is 0 Å². The van der Waals surface area contributed by atoms with E-state index in [9.17, 15) is 9.59 Å². The molecule has 4 aliphatic rings. The van der Waals surface area contributed by atoms with Crippen molar-refractivity contribution in [1.82, 2.24) is 5.32 Å². The van der Waals surface area contributed by atoms with Crippen molar-refractivity contribution in [3.05, 3.63) is 71.8 Å². The molecule has 52 heavy (non-hydrogen) atoms. The zero-order valence-corrected chi connectivity index (χ0v) is 32.9. The van der Waals surface area contributed by atoms with Gasteiger partial charge in [0.2, 0.25) is 0 Å². The molecule has 0 unspecified atom stereocenters. The van der Waals surface area contributed by atoms with E-state index in [0.717, 1.165) is 36.8 Å². The van der Waals surface area contributed by atoms with Gasteiger partial charge < -0.3 is 33.7 Å². The van der Waals surface area contributed by atoms with Crippen molar-refractivity contribution in [2.24, 2.45) is 34.5 Å². The number of fused-ring (bicyclic) bond motifs is 2. The summed E-state index contributed by atoms with van der Waals surface area (Å²) in [7, 11) is 0. The van der Waals surface area contributed by atoms with Crippen LogP contribution < -0.4 is 5.32 Å². The molecule has 1 amide bonds. The number of rotatable bonds is 12. The maximum absolute atomic E-state index is 13.1. The Kier molecular flexibility index (Phi) is 12.5. The van der Waals surface area contributed by atoms with Gasteiger partial charge in [-0.1, -0.05) is 123 Å². The van der Waals surface area contributed by atoms with E-state index >= 15 is 0 Å². The topological polar surface area (TPSA) is 102 Å². The van der Waals surface area contributed by atoms with E-state index in [0.29, 0.717) is 13.2 Å². The number of carbonyl (C=O) groups excluding carboxylic acids is 2. The van der Waals surface area contributed by atoms with E-state index in [4.69, 9.17) is 63.2 Å². The Morgan fingerprint density at radius 2 is 1.19 bits per heavy atom. The van der Waals surface area contributed by atoms with Gasteiger partial charge in [0.15, 0.2) is 12.5 Å². The lowest BCUT2D eigenvalue weighted by atomic mass is 9.82. The highest BCUT2D eigenvalue weighted by Gasteiger charge is 2.57. The van der Waals surface area contributed by atoms with Gasteiger partial charge in [0.25, 0.3) is 9.70 Å². The summed E-state index contributed by atoms with van der Waals surface area (Å²) in [5, 5.41) is 2.83. The molecule has 2 heterocycles. The summed E-state index contributed by atoms with van der Waals surface area (Å²) in [5.74, 6) is -0.815. The lowest BCUT2D eigenvalue weighted by Crippen LogP contribution is -2.60. The summed E-state index contributed by atoms with van der Waals surface area (Å²) in [6.45, 7) is 11.5. The monoisotopic (exact) mass is 779 g/mol. The standard InChI is InChI=1S/C40H52Cl3NO8/c1-24(45)47-22-32-28-17-39(4,5)19-30(28)34(49-21-26-14-10-7-11-15-26)36(52-32)50-23-31-27-16-38(2,3)18-29(27)33(48-20-25-12-8-6-9-13-25)35(51-31)44-37(46)40(41,42)43/h6-15,27-36H,16-23H2,1-5H3,(H,44,46)/t27-,28-,29+,30+,31-,32-,33-,34-,35+,36+/m1/s1. The Bertz CT molecular complexity index is 1510. The Morgan fingerprint density at radius 3 is 1.71 bits per heavy atom. The smallest absolute Gasteiger partial charge is 0.302 e. The van der Waals surface area contributed by atoms with Crippen LogP contribution in [0.2, 0.25) is 0 Å². The predicted molar refractivity (Wildman–Crippen MR) is 198 cm³/mol. The van der Waals surface area contributed by atoms with Crippen LogP contribution >= 0.6 is 34.8 Å². The van der Waals surface area contributed by atoms with E-state index in [1.54, 1.807) is 0 Å². The van der Waals surface area contributed by atoms with Gasteiger partial charge in [-0.3, -0.25) is 9.59 Å². The van der Waals surface area contributed by atoms with Crippen LogP contribution in [-0.2, 0) is 51.2 Å². The molecule has 9 nitrogen and oxygen atoms in total. The molecule has 2 aliphatic heterocycles. The molecule has 0 radical (unpaired) electrons. The SMILES string of the molecule is CC(=O)OC[C@H]1O[C@H](OC[C@H]2O[C@H](NC(=O)C(Cl)(Cl)Cl)[C@H](OCc3ccccc3)[C@H]3CC(C)(C)C[C@H]32)[C@H](OCc2ccccc2)[C@H]2CC(C)(C)C[C@H]21. The number of ether oxygens (including phenoxy) is 6. The van der Waals surface area contributed by atoms with Crippen LogP contribution in [0, 0.1) is 34.5 Å². The first-order valence-electron chi connectivity index (χ1n) is 18.3. The fourth-order valence-corrected chi connectivity index (χ4v) is 9.29. The first-order chi connectivity index (χ1) is 24.6. The third kappa shape index (κ3) is 9.82. The van der Waals surface area contributed by atoms with Gasteiger partial charge >= 0.3 is 5.97 Å². The average molecular weight is 781 g/mol. The van der Waals surface area contributed by atoms with Crippen molar-refractivity contribution in [3.63, 3.8) is 0 Å². The molecule has 286 valence electrons. The van der Waals surface area contributed by atoms with E-state index in [-0.39, 0.29) is 65.9 Å². The molecule has 0 spiro atoms.